The van der Waals surface area contributed by atoms with E-state index in [1.807, 2.05) is 36.8 Å². The molecule has 0 aliphatic carbocycles. The van der Waals surface area contributed by atoms with Crippen LogP contribution in [0.5, 0.6) is 5.88 Å². The summed E-state index contributed by atoms with van der Waals surface area (Å²) >= 11 is 0. The summed E-state index contributed by atoms with van der Waals surface area (Å²) in [5.41, 5.74) is 5.97. The number of alkyl halides is 2. The molecule has 0 saturated carbocycles. The third-order valence-electron chi connectivity index (χ3n) is 9.30. The van der Waals surface area contributed by atoms with Crippen LogP contribution in [0.15, 0.2) is 71.7 Å². The summed E-state index contributed by atoms with van der Waals surface area (Å²) in [5, 5.41) is 9.86. The quantitative estimate of drug-likeness (QED) is 0.396. The van der Waals surface area contributed by atoms with Gasteiger partial charge in [0.1, 0.15) is 23.7 Å². The number of piperazine rings is 1. The van der Waals surface area contributed by atoms with Crippen LogP contribution in [0.2, 0.25) is 0 Å². The Labute approximate surface area is 236 Å². The van der Waals surface area contributed by atoms with Gasteiger partial charge in [0, 0.05) is 63.0 Å². The zero-order chi connectivity index (χ0) is 27.9. The molecule has 2 aromatic rings. The maximum Gasteiger partial charge on any atom is 0.266 e. The van der Waals surface area contributed by atoms with Gasteiger partial charge in [-0.05, 0) is 18.1 Å². The molecule has 7 aliphatic heterocycles. The van der Waals surface area contributed by atoms with Crippen molar-refractivity contribution in [3.8, 4) is 11.9 Å². The van der Waals surface area contributed by atoms with E-state index in [-0.39, 0.29) is 13.0 Å². The van der Waals surface area contributed by atoms with Crippen molar-refractivity contribution >= 4 is 11.4 Å². The highest BCUT2D eigenvalue weighted by Gasteiger charge is 2.61. The van der Waals surface area contributed by atoms with Gasteiger partial charge in [-0.3, -0.25) is 9.88 Å². The number of fused-ring (bicyclic) bond motifs is 2. The first kappa shape index (κ1) is 24.6. The van der Waals surface area contributed by atoms with Gasteiger partial charge < -0.3 is 14.5 Å². The fourth-order valence-corrected chi connectivity index (χ4v) is 7.09. The topological polar surface area (TPSA) is 81.4 Å². The Bertz CT molecular complexity index is 1590. The molecule has 3 atom stereocenters. The fourth-order valence-electron chi connectivity index (χ4n) is 7.09. The molecule has 0 N–H and O–H groups in total. The number of quaternary nitrogens is 1. The minimum Gasteiger partial charge on any atom is -0.481 e. The van der Waals surface area contributed by atoms with Gasteiger partial charge in [0.25, 0.3) is 5.92 Å². The maximum atomic E-state index is 14.1. The standard InChI is InChI=1S/C30H29F2N8O/c1-41-28-3-2-19(10-36-28)13-39-21-7-22(39)15-38(14-21)27-12-34-26(11-35-27)25-8-23(37-5-4-30(31,32)18-37)16-40-17-24(40)6-20(9-33)29(25)40/h2-3,6,8,10-12,16,21-22H,4-5,7,13-15,17-18H2,1H3/q+1. The first-order valence-corrected chi connectivity index (χ1v) is 14.0. The summed E-state index contributed by atoms with van der Waals surface area (Å²) in [5.74, 6) is -1.24. The average Bonchev–Trinajstić information content (AvgIpc) is 3.36. The molecule has 0 amide bonds. The molecule has 9 rings (SSSR count). The maximum absolute atomic E-state index is 14.1. The summed E-state index contributed by atoms with van der Waals surface area (Å²) in [4.78, 5) is 20.5. The summed E-state index contributed by atoms with van der Waals surface area (Å²) in [7, 11) is 1.62. The summed E-state index contributed by atoms with van der Waals surface area (Å²) in [6, 6.07) is 7.19. The average molecular weight is 556 g/mol. The second-order valence-electron chi connectivity index (χ2n) is 11.8. The zero-order valence-corrected chi connectivity index (χ0v) is 22.7. The molecule has 7 aliphatic rings. The number of nitriles is 1. The number of allylic oxidation sites excluding steroid dienone is 4. The van der Waals surface area contributed by atoms with Gasteiger partial charge in [-0.15, -0.1) is 0 Å². The van der Waals surface area contributed by atoms with Crippen molar-refractivity contribution in [3.05, 3.63) is 83.0 Å². The number of likely N-dealkylation sites (tertiary alicyclic amines) is 1. The van der Waals surface area contributed by atoms with Crippen LogP contribution in [0.4, 0.5) is 14.6 Å². The van der Waals surface area contributed by atoms with Gasteiger partial charge in [0.2, 0.25) is 5.88 Å². The molecule has 1 spiro atoms. The molecule has 2 aromatic heterocycles. The van der Waals surface area contributed by atoms with Gasteiger partial charge in [0.15, 0.2) is 17.9 Å². The highest BCUT2D eigenvalue weighted by atomic mass is 19.3. The Kier molecular flexibility index (Phi) is 5.22. The predicted octanol–water partition coefficient (Wildman–Crippen LogP) is 3.43. The Morgan fingerprint density at radius 2 is 1.95 bits per heavy atom. The highest BCUT2D eigenvalue weighted by Crippen LogP contribution is 2.56. The molecular formula is C30H29F2N8O+. The van der Waals surface area contributed by atoms with Crippen LogP contribution in [0.3, 0.4) is 0 Å². The molecule has 3 unspecified atom stereocenters. The van der Waals surface area contributed by atoms with E-state index in [0.717, 1.165) is 54.7 Å². The lowest BCUT2D eigenvalue weighted by Gasteiger charge is -2.56. The Hall–Kier alpha value is -4.14. The third kappa shape index (κ3) is 3.89. The first-order valence-electron chi connectivity index (χ1n) is 14.0. The molecule has 9 nitrogen and oxygen atoms in total. The monoisotopic (exact) mass is 555 g/mol. The normalized spacial score (nSPS) is 29.2. The largest absolute Gasteiger partial charge is 0.481 e. The summed E-state index contributed by atoms with van der Waals surface area (Å²) in [6.45, 7) is 3.40. The third-order valence-corrected chi connectivity index (χ3v) is 9.30. The van der Waals surface area contributed by atoms with Crippen LogP contribution in [0.25, 0.3) is 5.57 Å². The molecule has 41 heavy (non-hydrogen) atoms. The van der Waals surface area contributed by atoms with Crippen molar-refractivity contribution in [2.75, 3.05) is 44.7 Å². The van der Waals surface area contributed by atoms with Crippen molar-refractivity contribution in [2.45, 2.75) is 37.4 Å². The van der Waals surface area contributed by atoms with Crippen molar-refractivity contribution in [3.63, 3.8) is 0 Å². The van der Waals surface area contributed by atoms with Crippen LogP contribution in [-0.2, 0) is 6.54 Å². The smallest absolute Gasteiger partial charge is 0.266 e. The van der Waals surface area contributed by atoms with Gasteiger partial charge >= 0.3 is 0 Å². The van der Waals surface area contributed by atoms with E-state index < -0.39 is 5.92 Å². The number of piperidine rings is 1. The predicted molar refractivity (Wildman–Crippen MR) is 146 cm³/mol. The molecule has 11 heteroatoms. The lowest BCUT2D eigenvalue weighted by Crippen LogP contribution is -2.68. The van der Waals surface area contributed by atoms with Crippen molar-refractivity contribution in [2.24, 2.45) is 0 Å². The molecule has 0 radical (unpaired) electrons. The zero-order valence-electron chi connectivity index (χ0n) is 22.7. The first-order chi connectivity index (χ1) is 19.9. The lowest BCUT2D eigenvalue weighted by atomic mass is 9.87. The molecular weight excluding hydrogens is 526 g/mol. The highest BCUT2D eigenvalue weighted by molar-refractivity contribution is 5.83. The molecule has 5 fully saturated rings. The molecule has 0 aromatic carbocycles. The molecule has 9 heterocycles. The number of rotatable bonds is 6. The molecule has 2 bridgehead atoms. The van der Waals surface area contributed by atoms with Crippen molar-refractivity contribution in [1.82, 2.24) is 24.8 Å². The Morgan fingerprint density at radius 3 is 2.61 bits per heavy atom. The van der Waals surface area contributed by atoms with Gasteiger partial charge in [-0.25, -0.2) is 23.2 Å². The number of halogens is 2. The van der Waals surface area contributed by atoms with E-state index in [4.69, 9.17) is 14.7 Å². The van der Waals surface area contributed by atoms with E-state index in [0.29, 0.717) is 40.3 Å². The van der Waals surface area contributed by atoms with Crippen LogP contribution in [0.1, 0.15) is 24.1 Å². The Morgan fingerprint density at radius 1 is 1.10 bits per heavy atom. The SMILES string of the molecule is COc1ccc(CN2C3CC2CN(c2cnc(C4=CC(N5CCC(F)(F)C5)=C[N+]56CC5=CC(C#N)=C46)cn2)C3)cn1. The molecule has 208 valence electrons. The van der Waals surface area contributed by atoms with E-state index >= 15 is 0 Å². The molecule has 5 saturated heterocycles. The number of hydrogen-bond donors (Lipinski definition) is 0. The number of pyridine rings is 1. The van der Waals surface area contributed by atoms with E-state index in [1.54, 1.807) is 18.2 Å². The van der Waals surface area contributed by atoms with Crippen molar-refractivity contribution in [1.29, 1.82) is 5.26 Å². The second kappa shape index (κ2) is 8.68. The van der Waals surface area contributed by atoms with Crippen LogP contribution in [0, 0.1) is 11.3 Å². The summed E-state index contributed by atoms with van der Waals surface area (Å²) < 4.78 is 33.8. The fraction of sp³-hybridized carbons (Fsp3) is 0.400. The van der Waals surface area contributed by atoms with Gasteiger partial charge in [0.05, 0.1) is 43.0 Å². The number of nitrogens with zero attached hydrogens (tertiary/aromatic N) is 8. The van der Waals surface area contributed by atoms with E-state index in [9.17, 15) is 14.0 Å². The van der Waals surface area contributed by atoms with Gasteiger partial charge in [-0.2, -0.15) is 5.26 Å². The number of methoxy groups -OCH3 is 1. The minimum absolute atomic E-state index is 0.150. The minimum atomic E-state index is -2.69. The number of anilines is 1. The lowest BCUT2D eigenvalue weighted by molar-refractivity contribution is -0.671. The number of hydrogen-bond acceptors (Lipinski definition) is 8. The number of ether oxygens (including phenoxy) is 1. The van der Waals surface area contributed by atoms with Crippen LogP contribution >= 0.6 is 0 Å². The van der Waals surface area contributed by atoms with Gasteiger partial charge in [-0.1, -0.05) is 6.07 Å². The van der Waals surface area contributed by atoms with E-state index in [2.05, 4.69) is 26.9 Å². The van der Waals surface area contributed by atoms with Crippen LogP contribution < -0.4 is 9.64 Å². The second-order valence-corrected chi connectivity index (χ2v) is 11.8. The van der Waals surface area contributed by atoms with E-state index in [1.165, 1.54) is 12.0 Å². The Balaban J connectivity index is 1.02. The van der Waals surface area contributed by atoms with Crippen LogP contribution in [-0.4, -0.2) is 87.1 Å². The summed E-state index contributed by atoms with van der Waals surface area (Å²) in [6.07, 6.45) is 12.3. The van der Waals surface area contributed by atoms with Crippen molar-refractivity contribution < 1.29 is 18.0 Å². The number of aromatic nitrogens is 3.